The van der Waals surface area contributed by atoms with Gasteiger partial charge in [-0.25, -0.2) is 0 Å². The fraction of sp³-hybridized carbons (Fsp3) is 1.00. The maximum absolute atomic E-state index is 5.73. The van der Waals surface area contributed by atoms with E-state index in [1.807, 2.05) is 76.7 Å². The highest BCUT2D eigenvalue weighted by Gasteiger charge is 2.27. The van der Waals surface area contributed by atoms with Gasteiger partial charge in [0.15, 0.2) is 0 Å². The van der Waals surface area contributed by atoms with Crippen LogP contribution in [0.5, 0.6) is 0 Å². The van der Waals surface area contributed by atoms with Crippen molar-refractivity contribution in [2.45, 2.75) is 63.3 Å². The fourth-order valence-corrected chi connectivity index (χ4v) is 13.2. The van der Waals surface area contributed by atoms with Crippen LogP contribution in [0.2, 0.25) is 0 Å². The molecule has 1 aliphatic heterocycles. The lowest BCUT2D eigenvalue weighted by Gasteiger charge is -2.23. The van der Waals surface area contributed by atoms with Crippen LogP contribution in [0, 0.1) is 0 Å². The van der Waals surface area contributed by atoms with E-state index in [1.165, 1.54) is 0 Å². The van der Waals surface area contributed by atoms with Crippen molar-refractivity contribution < 1.29 is 37.9 Å². The Morgan fingerprint density at radius 2 is 0.907 bits per heavy atom. The van der Waals surface area contributed by atoms with Gasteiger partial charge in [0.2, 0.25) is 0 Å². The Bertz CT molecular complexity index is 1040. The Morgan fingerprint density at radius 3 is 1.17 bits per heavy atom. The van der Waals surface area contributed by atoms with Gasteiger partial charge in [-0.2, -0.15) is 0 Å². The van der Waals surface area contributed by atoms with Crippen LogP contribution in [0.3, 0.4) is 0 Å². The lowest BCUT2D eigenvalue weighted by Crippen LogP contribution is -2.02. The molecule has 0 amide bonds. The maximum atomic E-state index is 5.73. The summed E-state index contributed by atoms with van der Waals surface area (Å²) in [6, 6.07) is 0. The van der Waals surface area contributed by atoms with Crippen molar-refractivity contribution >= 4 is 35.4 Å². The second-order valence-corrected chi connectivity index (χ2v) is 31.0. The van der Waals surface area contributed by atoms with Gasteiger partial charge in [0, 0.05) is 109 Å². The number of hydrogen-bond acceptors (Lipinski definition) is 12. The van der Waals surface area contributed by atoms with Gasteiger partial charge >= 0.3 is 0 Å². The summed E-state index contributed by atoms with van der Waals surface area (Å²) in [6.07, 6.45) is 5.99. The first kappa shape index (κ1) is 66.6. The summed E-state index contributed by atoms with van der Waals surface area (Å²) >= 11 is 0. The molecule has 1 rings (SSSR count). The second-order valence-electron chi connectivity index (χ2n) is 12.8. The first-order valence-electron chi connectivity index (χ1n) is 18.4. The minimum Gasteiger partial charge on any atom is -0.385 e. The van der Waals surface area contributed by atoms with Gasteiger partial charge in [-0.1, -0.05) is 14.9 Å². The average Bonchev–Trinajstić information content (AvgIpc) is 3.32. The molecule has 54 heavy (non-hydrogen) atoms. The van der Waals surface area contributed by atoms with Crippen molar-refractivity contribution in [3.05, 3.63) is 0 Å². The minimum atomic E-state index is -1.72. The summed E-state index contributed by atoms with van der Waals surface area (Å²) < 4.78 is 65.5. The number of ether oxygens (including phenoxy) is 8. The van der Waals surface area contributed by atoms with E-state index in [-0.39, 0.29) is 14.9 Å². The molecule has 0 aromatic heterocycles. The number of hydrogen-bond donors (Lipinski definition) is 0. The van der Waals surface area contributed by atoms with Crippen molar-refractivity contribution in [2.75, 3.05) is 179 Å². The van der Waals surface area contributed by atoms with E-state index in [0.29, 0.717) is 19.3 Å². The highest BCUT2D eigenvalue weighted by atomic mass is 31.2. The van der Waals surface area contributed by atoms with Crippen LogP contribution >= 0.6 is 35.4 Å². The Morgan fingerprint density at radius 1 is 0.574 bits per heavy atom. The lowest BCUT2D eigenvalue weighted by molar-refractivity contribution is 0.175. The lowest BCUT2D eigenvalue weighted by atomic mass is 10.9. The zero-order valence-electron chi connectivity index (χ0n) is 37.1. The van der Waals surface area contributed by atoms with Crippen molar-refractivity contribution in [3.63, 3.8) is 0 Å². The first-order valence-corrected chi connectivity index (χ1v) is 31.2. The third kappa shape index (κ3) is 41.0. The molecule has 2 unspecified atom stereocenters. The van der Waals surface area contributed by atoms with Gasteiger partial charge in [0.05, 0.1) is 58.2 Å². The van der Waals surface area contributed by atoms with E-state index < -0.39 is 35.4 Å². The quantitative estimate of drug-likeness (QED) is 0.117. The van der Waals surface area contributed by atoms with Crippen molar-refractivity contribution in [3.8, 4) is 0 Å². The van der Waals surface area contributed by atoms with Gasteiger partial charge in [0.1, 0.15) is 0 Å². The summed E-state index contributed by atoms with van der Waals surface area (Å²) in [6.45, 7) is 33.1. The van der Waals surface area contributed by atoms with Crippen LogP contribution in [0.4, 0.5) is 0 Å². The van der Waals surface area contributed by atoms with E-state index in [0.717, 1.165) is 84.1 Å². The Labute approximate surface area is 337 Å². The van der Waals surface area contributed by atoms with Gasteiger partial charge < -0.3 is 52.1 Å². The normalized spacial score (nSPS) is 17.9. The molecule has 1 heterocycles. The fourth-order valence-electron chi connectivity index (χ4n) is 3.28. The molecule has 1 aliphatic rings. The molecule has 18 heteroatoms. The summed E-state index contributed by atoms with van der Waals surface area (Å²) in [5.41, 5.74) is 0. The number of methoxy groups -OCH3 is 1. The number of rotatable bonds is 19. The molecule has 13 nitrogen and oxygen atoms in total. The van der Waals surface area contributed by atoms with Crippen molar-refractivity contribution in [1.82, 2.24) is 0 Å². The van der Waals surface area contributed by atoms with Gasteiger partial charge in [-0.3, -0.25) is 9.26 Å². The van der Waals surface area contributed by atoms with E-state index >= 15 is 0 Å². The van der Waals surface area contributed by atoms with E-state index in [9.17, 15) is 0 Å². The monoisotopic (exact) mass is 880 g/mol. The van der Waals surface area contributed by atoms with Crippen LogP contribution < -0.4 is 0 Å². The van der Waals surface area contributed by atoms with Gasteiger partial charge in [0.25, 0.3) is 0 Å². The van der Waals surface area contributed by atoms with Crippen molar-refractivity contribution in [1.29, 1.82) is 0 Å². The second kappa shape index (κ2) is 42.0. The molecule has 0 saturated carbocycles. The first-order chi connectivity index (χ1) is 24.4. The Kier molecular flexibility index (Phi) is 51.8. The molecule has 0 aromatic rings. The maximum Gasteiger partial charge on any atom is 0.0999 e. The number of nitrogens with zero attached hydrogens (tertiary/aromatic N) is 5. The highest BCUT2D eigenvalue weighted by molar-refractivity contribution is 7.76. The zero-order valence-corrected chi connectivity index (χ0v) is 41.5. The third-order valence-corrected chi connectivity index (χ3v) is 19.8. The molecule has 0 radical (unpaired) electrons. The van der Waals surface area contributed by atoms with E-state index in [1.54, 1.807) is 7.11 Å². The summed E-state index contributed by atoms with van der Waals surface area (Å²) in [7, 11) is 2.49. The topological polar surface area (TPSA) is 136 Å². The van der Waals surface area contributed by atoms with Crippen LogP contribution in [-0.4, -0.2) is 179 Å². The molecular formula is C36H94N5O8P5. The molecule has 2 atom stereocenters. The van der Waals surface area contributed by atoms with Crippen LogP contribution in [-0.2, 0) is 37.9 Å². The standard InChI is InChI=1S/C11H26N2O3P2.2C8H20NO2P.C4H12NP.C3H8O.2CH4/c1-5-14-9-17(4)10-16-7-8-18(12-3,13-17)11-15-6-2;2*1-5-10-7-12(4,9-3)8-11-6-2;1-5-6(2,3)4;1-3-4-2;;/h5-11H2,1-4H3;2*5-8H2,1-4H3;1-4H3;3H2,1-2H3;2*1H4. The Balaban J connectivity index is -0.000000143. The molecule has 0 N–H and O–H groups in total. The molecule has 336 valence electrons. The summed E-state index contributed by atoms with van der Waals surface area (Å²) in [5, 5.41) is 0. The van der Waals surface area contributed by atoms with Crippen LogP contribution in [0.15, 0.2) is 23.5 Å². The van der Waals surface area contributed by atoms with E-state index in [2.05, 4.69) is 63.7 Å². The Hall–Kier alpha value is 0.830. The van der Waals surface area contributed by atoms with Crippen LogP contribution in [0.25, 0.3) is 0 Å². The van der Waals surface area contributed by atoms with Crippen LogP contribution in [0.1, 0.15) is 63.3 Å². The molecule has 0 fully saturated rings. The zero-order chi connectivity index (χ0) is 41.0. The third-order valence-electron chi connectivity index (χ3n) is 6.94. The predicted molar refractivity (Wildman–Crippen MR) is 252 cm³/mol. The smallest absolute Gasteiger partial charge is 0.0999 e. The van der Waals surface area contributed by atoms with Gasteiger partial charge in [-0.15, -0.1) is 0 Å². The molecular weight excluding hydrogens is 785 g/mol. The molecule has 0 saturated heterocycles. The molecule has 0 bridgehead atoms. The molecule has 0 aromatic carbocycles. The largest absolute Gasteiger partial charge is 0.385 e. The predicted octanol–water partition coefficient (Wildman–Crippen LogP) is 12.0. The molecule has 0 spiro atoms. The average molecular weight is 880 g/mol. The van der Waals surface area contributed by atoms with Gasteiger partial charge in [-0.05, 0) is 95.5 Å². The minimum absolute atomic E-state index is 0. The van der Waals surface area contributed by atoms with Crippen molar-refractivity contribution in [2.24, 2.45) is 23.5 Å². The SMILES string of the molecule is C.C.CCOC.CCOCP(C)(COCC)=NC.CCOCP(C)(COCC)=NC.CCOCP1(C)=NP(COCC)(=NC)CCOC1.CN=P(C)(C)C. The molecule has 0 aliphatic carbocycles. The summed E-state index contributed by atoms with van der Waals surface area (Å²) in [5.74, 6) is 0. The highest BCUT2D eigenvalue weighted by Crippen LogP contribution is 2.63. The summed E-state index contributed by atoms with van der Waals surface area (Å²) in [4.78, 5) is 0. The van der Waals surface area contributed by atoms with E-state index in [4.69, 9.17) is 37.7 Å².